The first-order valence-electron chi connectivity index (χ1n) is 6.26. The first kappa shape index (κ1) is 12.2. The largest absolute Gasteiger partial charge is 0.330 e. The molecule has 2 heterocycles. The van der Waals surface area contributed by atoms with E-state index in [0.29, 0.717) is 18.2 Å². The van der Waals surface area contributed by atoms with E-state index >= 15 is 0 Å². The van der Waals surface area contributed by atoms with Gasteiger partial charge >= 0.3 is 0 Å². The molecule has 0 spiro atoms. The third-order valence-corrected chi connectivity index (χ3v) is 4.05. The van der Waals surface area contributed by atoms with Crippen molar-refractivity contribution in [2.24, 2.45) is 0 Å². The normalized spacial score (nSPS) is 14.3. The number of nitrogens with one attached hydrogen (secondary N) is 1. The predicted molar refractivity (Wildman–Crippen MR) is 74.3 cm³/mol. The van der Waals surface area contributed by atoms with Crippen LogP contribution in [-0.4, -0.2) is 21.8 Å². The number of carbonyl (C=O) groups excluding carboxylic acids is 1. The molecule has 1 fully saturated rings. The zero-order valence-corrected chi connectivity index (χ0v) is 11.2. The third kappa shape index (κ3) is 2.76. The fourth-order valence-electron chi connectivity index (χ4n) is 2.03. The minimum Gasteiger partial charge on any atom is -0.330 e. The van der Waals surface area contributed by atoms with Gasteiger partial charge in [-0.15, -0.1) is 11.3 Å². The Labute approximate surface area is 114 Å². The average Bonchev–Trinajstić information content (AvgIpc) is 3.13. The quantitative estimate of drug-likeness (QED) is 0.929. The van der Waals surface area contributed by atoms with Crippen molar-refractivity contribution in [3.8, 4) is 0 Å². The molecule has 3 rings (SSSR count). The Hall–Kier alpha value is -1.88. The van der Waals surface area contributed by atoms with Crippen LogP contribution in [-0.2, 0) is 6.54 Å². The molecule has 0 aliphatic heterocycles. The molecule has 1 aliphatic rings. The maximum atomic E-state index is 12.5. The Balaban J connectivity index is 1.81. The van der Waals surface area contributed by atoms with E-state index in [1.807, 2.05) is 22.4 Å². The number of nitrogens with zero attached hydrogens (tertiary/aromatic N) is 1. The molecule has 0 unspecified atom stereocenters. The number of aromatic amines is 1. The fraction of sp³-hybridized carbons (Fsp3) is 0.286. The van der Waals surface area contributed by atoms with E-state index in [2.05, 4.69) is 4.98 Å². The first-order chi connectivity index (χ1) is 9.24. The zero-order valence-electron chi connectivity index (χ0n) is 10.3. The van der Waals surface area contributed by atoms with Crippen molar-refractivity contribution in [1.29, 1.82) is 0 Å². The summed E-state index contributed by atoms with van der Waals surface area (Å²) >= 11 is 1.66. The van der Waals surface area contributed by atoms with Crippen molar-refractivity contribution in [1.82, 2.24) is 9.88 Å². The highest BCUT2D eigenvalue weighted by molar-refractivity contribution is 7.09. The van der Waals surface area contributed by atoms with Crippen molar-refractivity contribution < 1.29 is 4.79 Å². The van der Waals surface area contributed by atoms with E-state index in [9.17, 15) is 9.59 Å². The number of amides is 1. The van der Waals surface area contributed by atoms with E-state index in [4.69, 9.17) is 0 Å². The standard InChI is InChI=1S/C14H14N2O2S/c17-13-6-3-10(8-15-13)14(18)16(11-4-5-11)9-12-2-1-7-19-12/h1-3,6-8,11H,4-5,9H2,(H,15,17). The van der Waals surface area contributed by atoms with Gasteiger partial charge in [0, 0.05) is 23.2 Å². The average molecular weight is 274 g/mol. The number of thiophene rings is 1. The second kappa shape index (κ2) is 5.01. The Morgan fingerprint density at radius 1 is 1.37 bits per heavy atom. The number of H-pyrrole nitrogens is 1. The number of rotatable bonds is 4. The second-order valence-electron chi connectivity index (χ2n) is 4.69. The highest BCUT2D eigenvalue weighted by Crippen LogP contribution is 2.30. The molecule has 0 radical (unpaired) electrons. The highest BCUT2D eigenvalue weighted by Gasteiger charge is 2.33. The van der Waals surface area contributed by atoms with Gasteiger partial charge in [0.05, 0.1) is 12.1 Å². The molecule has 0 atom stereocenters. The number of aromatic nitrogens is 1. The molecule has 98 valence electrons. The van der Waals surface area contributed by atoms with Gasteiger partial charge in [-0.2, -0.15) is 0 Å². The maximum absolute atomic E-state index is 12.5. The van der Waals surface area contributed by atoms with Crippen molar-refractivity contribution in [2.45, 2.75) is 25.4 Å². The van der Waals surface area contributed by atoms with Crippen molar-refractivity contribution in [3.63, 3.8) is 0 Å². The Morgan fingerprint density at radius 3 is 2.79 bits per heavy atom. The number of pyridine rings is 1. The molecule has 1 amide bonds. The summed E-state index contributed by atoms with van der Waals surface area (Å²) in [6.45, 7) is 0.653. The lowest BCUT2D eigenvalue weighted by atomic mass is 10.2. The number of carbonyl (C=O) groups is 1. The summed E-state index contributed by atoms with van der Waals surface area (Å²) in [6, 6.07) is 7.37. The van der Waals surface area contributed by atoms with Crippen LogP contribution in [0.1, 0.15) is 28.1 Å². The molecular weight excluding hydrogens is 260 g/mol. The minimum atomic E-state index is -0.187. The molecule has 0 bridgehead atoms. The molecule has 19 heavy (non-hydrogen) atoms. The van der Waals surface area contributed by atoms with Crippen molar-refractivity contribution in [2.75, 3.05) is 0 Å². The summed E-state index contributed by atoms with van der Waals surface area (Å²) in [7, 11) is 0. The molecule has 0 saturated heterocycles. The summed E-state index contributed by atoms with van der Waals surface area (Å²) in [5.41, 5.74) is 0.357. The first-order valence-corrected chi connectivity index (χ1v) is 7.14. The van der Waals surface area contributed by atoms with E-state index in [0.717, 1.165) is 12.8 Å². The Bertz CT molecular complexity index is 609. The lowest BCUT2D eigenvalue weighted by Crippen LogP contribution is -2.32. The van der Waals surface area contributed by atoms with Crippen molar-refractivity contribution in [3.05, 3.63) is 56.6 Å². The van der Waals surface area contributed by atoms with Gasteiger partial charge in [0.1, 0.15) is 0 Å². The van der Waals surface area contributed by atoms with Crippen LogP contribution >= 0.6 is 11.3 Å². The second-order valence-corrected chi connectivity index (χ2v) is 5.72. The van der Waals surface area contributed by atoms with Crippen LogP contribution in [0.25, 0.3) is 0 Å². The number of hydrogen-bond donors (Lipinski definition) is 1. The van der Waals surface area contributed by atoms with Gasteiger partial charge in [-0.3, -0.25) is 9.59 Å². The molecule has 1 N–H and O–H groups in total. The van der Waals surface area contributed by atoms with Gasteiger partial charge in [-0.05, 0) is 30.4 Å². The van der Waals surface area contributed by atoms with E-state index in [1.165, 1.54) is 17.1 Å². The molecule has 1 saturated carbocycles. The van der Waals surface area contributed by atoms with Gasteiger partial charge in [-0.1, -0.05) is 6.07 Å². The van der Waals surface area contributed by atoms with E-state index in [1.54, 1.807) is 17.4 Å². The maximum Gasteiger partial charge on any atom is 0.255 e. The van der Waals surface area contributed by atoms with Gasteiger partial charge < -0.3 is 9.88 Å². The topological polar surface area (TPSA) is 53.2 Å². The van der Waals surface area contributed by atoms with Crippen LogP contribution in [0.2, 0.25) is 0 Å². The SMILES string of the molecule is O=C(c1ccc(=O)[nH]c1)N(Cc1cccs1)C1CC1. The van der Waals surface area contributed by atoms with E-state index < -0.39 is 0 Å². The third-order valence-electron chi connectivity index (χ3n) is 3.19. The minimum absolute atomic E-state index is 0.00727. The summed E-state index contributed by atoms with van der Waals surface area (Å²) in [5.74, 6) is -0.00727. The molecule has 2 aromatic rings. The van der Waals surface area contributed by atoms with Crippen LogP contribution in [0.3, 0.4) is 0 Å². The molecule has 2 aromatic heterocycles. The molecule has 5 heteroatoms. The molecule has 0 aromatic carbocycles. The summed E-state index contributed by atoms with van der Waals surface area (Å²) in [6.07, 6.45) is 3.63. The van der Waals surface area contributed by atoms with Crippen LogP contribution in [0.4, 0.5) is 0 Å². The summed E-state index contributed by atoms with van der Waals surface area (Å²) in [5, 5.41) is 2.02. The van der Waals surface area contributed by atoms with Crippen LogP contribution in [0, 0.1) is 0 Å². The van der Waals surface area contributed by atoms with E-state index in [-0.39, 0.29) is 11.5 Å². The van der Waals surface area contributed by atoms with Crippen molar-refractivity contribution >= 4 is 17.2 Å². The Kier molecular flexibility index (Phi) is 3.21. The lowest BCUT2D eigenvalue weighted by Gasteiger charge is -2.21. The lowest BCUT2D eigenvalue weighted by molar-refractivity contribution is 0.0731. The fourth-order valence-corrected chi connectivity index (χ4v) is 2.74. The molecule has 1 aliphatic carbocycles. The van der Waals surface area contributed by atoms with Gasteiger partial charge in [0.2, 0.25) is 5.56 Å². The van der Waals surface area contributed by atoms with Crippen LogP contribution in [0.5, 0.6) is 0 Å². The van der Waals surface area contributed by atoms with Gasteiger partial charge in [0.25, 0.3) is 5.91 Å². The highest BCUT2D eigenvalue weighted by atomic mass is 32.1. The van der Waals surface area contributed by atoms with Crippen LogP contribution in [0.15, 0.2) is 40.6 Å². The smallest absolute Gasteiger partial charge is 0.255 e. The van der Waals surface area contributed by atoms with Crippen LogP contribution < -0.4 is 5.56 Å². The molecular formula is C14H14N2O2S. The summed E-state index contributed by atoms with van der Waals surface area (Å²) in [4.78, 5) is 29.2. The van der Waals surface area contributed by atoms with Gasteiger partial charge in [-0.25, -0.2) is 0 Å². The predicted octanol–water partition coefficient (Wildman–Crippen LogP) is 2.24. The monoisotopic (exact) mass is 274 g/mol. The molecule has 4 nitrogen and oxygen atoms in total. The number of hydrogen-bond acceptors (Lipinski definition) is 3. The Morgan fingerprint density at radius 2 is 2.21 bits per heavy atom. The summed E-state index contributed by atoms with van der Waals surface area (Å²) < 4.78 is 0. The zero-order chi connectivity index (χ0) is 13.2. The van der Waals surface area contributed by atoms with Gasteiger partial charge in [0.15, 0.2) is 0 Å².